The van der Waals surface area contributed by atoms with Gasteiger partial charge < -0.3 is 18.9 Å². The zero-order valence-corrected chi connectivity index (χ0v) is 78.1. The fourth-order valence-corrected chi connectivity index (χ4v) is 19.9. The summed E-state index contributed by atoms with van der Waals surface area (Å²) < 4.78 is 120. The van der Waals surface area contributed by atoms with Gasteiger partial charge in [0, 0.05) is 77.9 Å². The van der Waals surface area contributed by atoms with Gasteiger partial charge in [0.25, 0.3) is 6.71 Å². The Balaban J connectivity index is 0.979. The third-order valence-electron chi connectivity index (χ3n) is 27.3. The van der Waals surface area contributed by atoms with E-state index >= 15 is 0 Å². The number of aromatic nitrogens is 2. The van der Waals surface area contributed by atoms with Crippen molar-refractivity contribution >= 4 is 101 Å². The molecule has 21 rings (SSSR count). The molecule has 636 valence electrons. The summed E-state index contributed by atoms with van der Waals surface area (Å²) >= 11 is 0. The van der Waals surface area contributed by atoms with Crippen LogP contribution in [0.2, 0.25) is 0 Å². The molecule has 0 saturated carbocycles. The first-order chi connectivity index (χ1) is 66.3. The molecular formula is C124H117BN4. The second-order valence-corrected chi connectivity index (χ2v) is 43.4. The highest BCUT2D eigenvalue weighted by atomic mass is 15.2. The van der Waals surface area contributed by atoms with Gasteiger partial charge in [-0.15, -0.1) is 0 Å². The third kappa shape index (κ3) is 14.2. The molecule has 129 heavy (non-hydrogen) atoms. The normalized spacial score (nSPS) is 14.7. The van der Waals surface area contributed by atoms with Gasteiger partial charge in [0.05, 0.1) is 49.9 Å². The molecule has 18 aromatic rings. The van der Waals surface area contributed by atoms with Crippen LogP contribution >= 0.6 is 0 Å². The molecule has 0 spiro atoms. The summed E-state index contributed by atoms with van der Waals surface area (Å²) in [6.45, 7) is 47.6. The Morgan fingerprint density at radius 2 is 0.605 bits per heavy atom. The van der Waals surface area contributed by atoms with Crippen LogP contribution in [0.5, 0.6) is 0 Å². The SMILES string of the molecule is [2H]c1c([2H])c([2H])c(-c2c([2H])c([2H])c3c(c2[2H])c2c([2H])c([2H])c([2H])c([2H])c2n3-c2ccc3c(c2)N2c4cc(C(C)(C)C)cc5c4B3c3ccc(-c4cc(C(C)(C)C)cc(C(C)(C)C)c4)cc3N5c3c(-c4ccccc4)cc(C(C)(C)C)cc3-c3cccc(c3)-c3ccc4c(c3)c3cc(ccc3n4-c3cc(C(C)(C)C)cc(C(C)(C)C)c3)-c3cccc(c3)-c3cc(C(C)(C)C)cc(-c4ccccc4)c32)c([2H])c1[2H]. The number of anilines is 6. The molecule has 13 bridgehead atoms. The quantitative estimate of drug-likeness (QED) is 0.154. The molecule has 2 aromatic heterocycles. The fourth-order valence-electron chi connectivity index (χ4n) is 19.9. The summed E-state index contributed by atoms with van der Waals surface area (Å²) in [5, 5.41) is 1.91. The van der Waals surface area contributed by atoms with Gasteiger partial charge in [0.2, 0.25) is 0 Å². The molecule has 5 heterocycles. The number of nitrogens with zero attached hydrogens (tertiary/aromatic N) is 4. The number of rotatable bonds is 6. The molecule has 0 fully saturated rings. The van der Waals surface area contributed by atoms with E-state index in [-0.39, 0.29) is 48.9 Å². The van der Waals surface area contributed by atoms with Crippen molar-refractivity contribution in [3.63, 3.8) is 0 Å². The molecule has 0 unspecified atom stereocenters. The van der Waals surface area contributed by atoms with Crippen LogP contribution in [0.4, 0.5) is 34.1 Å². The van der Waals surface area contributed by atoms with Crippen LogP contribution in [0.1, 0.15) is 201 Å². The van der Waals surface area contributed by atoms with E-state index in [2.05, 4.69) is 408 Å². The van der Waals surface area contributed by atoms with Gasteiger partial charge in [-0.25, -0.2) is 0 Å². The minimum atomic E-state index is -0.701. The Morgan fingerprint density at radius 3 is 1.09 bits per heavy atom. The lowest BCUT2D eigenvalue weighted by Gasteiger charge is -2.47. The van der Waals surface area contributed by atoms with E-state index in [1.165, 1.54) is 22.3 Å². The Morgan fingerprint density at radius 1 is 0.225 bits per heavy atom. The van der Waals surface area contributed by atoms with Crippen molar-refractivity contribution in [2.75, 3.05) is 9.80 Å². The van der Waals surface area contributed by atoms with Crippen molar-refractivity contribution < 1.29 is 16.4 Å². The number of hydrogen-bond donors (Lipinski definition) is 0. The van der Waals surface area contributed by atoms with Crippen molar-refractivity contribution in [1.29, 1.82) is 0 Å². The van der Waals surface area contributed by atoms with Crippen molar-refractivity contribution in [1.82, 2.24) is 9.13 Å². The van der Waals surface area contributed by atoms with E-state index < -0.39 is 101 Å². The molecule has 3 aliphatic rings. The lowest BCUT2D eigenvalue weighted by Crippen LogP contribution is -2.61. The molecule has 0 atom stereocenters. The van der Waals surface area contributed by atoms with Crippen LogP contribution in [0, 0.1) is 0 Å². The second-order valence-electron chi connectivity index (χ2n) is 43.4. The van der Waals surface area contributed by atoms with Gasteiger partial charge in [-0.3, -0.25) is 0 Å². The lowest BCUT2D eigenvalue weighted by atomic mass is 9.33. The standard InChI is InChI=1S/C124H117BN4/c1-118(2,3)88-59-87(60-89(65-88)119(4,5)6)84-47-52-105-111(64-84)128-113-73-94(124(19,20)21)74-114-115(113)125(105)106-53-51-95(126-107-46-32-31-45-97(107)102-61-81(48-54-108(102)126)76-35-25-22-26-36-76)75-112(106)129(114)117-99(78-39-29-24-30-40-78)70-93(123(16,17)18)72-101(117)86-44-34-42-80(58-86)83-50-56-110-104(63-83)103-62-82(49-55-109(103)127(110)96-67-90(120(7,8)9)66-91(68-96)121(10,11)12)79-41-33-43-85(57-79)100-71-92(122(13,14)15)69-98(116(100)128)77-37-27-23-28-38-77/h22-75H,1-21H3/i22D,25D,26D,31D,32D,35D,36D,45D,46D,48D,54D,61D. The summed E-state index contributed by atoms with van der Waals surface area (Å²) in [7, 11) is 0. The fraction of sp³-hybridized carbons (Fsp3) is 0.226. The zero-order chi connectivity index (χ0) is 100. The second kappa shape index (κ2) is 29.7. The Kier molecular flexibility index (Phi) is 16.1. The molecule has 0 amide bonds. The van der Waals surface area contributed by atoms with Crippen molar-refractivity contribution in [3.05, 3.63) is 366 Å². The number of para-hydroxylation sites is 1. The number of fused-ring (bicyclic) bond motifs is 23. The molecule has 0 N–H and O–H groups in total. The number of hydrogen-bond acceptors (Lipinski definition) is 2. The molecule has 3 aliphatic heterocycles. The van der Waals surface area contributed by atoms with Gasteiger partial charge in [-0.05, 0) is 281 Å². The number of benzene rings is 16. The van der Waals surface area contributed by atoms with E-state index in [1.54, 1.807) is 4.57 Å². The van der Waals surface area contributed by atoms with Crippen molar-refractivity contribution in [3.8, 4) is 100 Å². The monoisotopic (exact) mass is 1690 g/mol. The molecule has 0 saturated heterocycles. The highest BCUT2D eigenvalue weighted by Gasteiger charge is 2.47. The van der Waals surface area contributed by atoms with E-state index in [4.69, 9.17) is 4.11 Å². The van der Waals surface area contributed by atoms with Crippen LogP contribution in [0.15, 0.2) is 327 Å². The van der Waals surface area contributed by atoms with Gasteiger partial charge in [-0.1, -0.05) is 351 Å². The highest BCUT2D eigenvalue weighted by molar-refractivity contribution is 7.00. The Labute approximate surface area is 781 Å². The highest BCUT2D eigenvalue weighted by Crippen LogP contribution is 2.57. The molecule has 0 radical (unpaired) electrons. The topological polar surface area (TPSA) is 16.3 Å². The lowest BCUT2D eigenvalue weighted by molar-refractivity contribution is 0.567. The van der Waals surface area contributed by atoms with Gasteiger partial charge in [0.15, 0.2) is 0 Å². The largest absolute Gasteiger partial charge is 0.310 e. The van der Waals surface area contributed by atoms with Crippen LogP contribution in [-0.2, 0) is 37.9 Å². The van der Waals surface area contributed by atoms with Gasteiger partial charge in [0.1, 0.15) is 0 Å². The first-order valence-corrected chi connectivity index (χ1v) is 45.6. The Hall–Kier alpha value is -13.2. The maximum atomic E-state index is 10.6. The minimum Gasteiger partial charge on any atom is -0.310 e. The minimum absolute atomic E-state index is 0.0836. The molecular weight excluding hydrogens is 1560 g/mol. The maximum absolute atomic E-state index is 10.6. The summed E-state index contributed by atoms with van der Waals surface area (Å²) in [6, 6.07) is 88.9. The van der Waals surface area contributed by atoms with Crippen molar-refractivity contribution in [2.45, 2.75) is 183 Å². The van der Waals surface area contributed by atoms with E-state index in [1.807, 2.05) is 6.07 Å². The van der Waals surface area contributed by atoms with E-state index in [9.17, 15) is 12.3 Å². The van der Waals surface area contributed by atoms with Crippen LogP contribution in [0.3, 0.4) is 0 Å². The average Bonchev–Trinajstić information content (AvgIpc) is 1.68. The van der Waals surface area contributed by atoms with Crippen molar-refractivity contribution in [2.24, 2.45) is 0 Å². The molecule has 0 aliphatic carbocycles. The predicted octanol–water partition coefficient (Wildman–Crippen LogP) is 32.7. The maximum Gasteiger partial charge on any atom is 0.252 e. The van der Waals surface area contributed by atoms with Gasteiger partial charge in [-0.2, -0.15) is 0 Å². The summed E-state index contributed by atoms with van der Waals surface area (Å²) in [6.07, 6.45) is 0. The summed E-state index contributed by atoms with van der Waals surface area (Å²) in [4.78, 5) is 5.11. The molecule has 4 nitrogen and oxygen atoms in total. The molecule has 5 heteroatoms. The Bertz CT molecular complexity index is 8290. The van der Waals surface area contributed by atoms with Gasteiger partial charge >= 0.3 is 0 Å². The summed E-state index contributed by atoms with van der Waals surface area (Å²) in [5.41, 5.74) is 30.5. The average molecular weight is 1690 g/mol. The first kappa shape index (κ1) is 69.8. The first-order valence-electron chi connectivity index (χ1n) is 51.6. The smallest absolute Gasteiger partial charge is 0.252 e. The molecule has 16 aromatic carbocycles. The van der Waals surface area contributed by atoms with Crippen LogP contribution in [0.25, 0.3) is 144 Å². The third-order valence-corrected chi connectivity index (χ3v) is 27.3. The van der Waals surface area contributed by atoms with E-state index in [0.29, 0.717) is 11.4 Å². The van der Waals surface area contributed by atoms with Crippen LogP contribution in [-0.4, -0.2) is 15.8 Å². The predicted molar refractivity (Wildman–Crippen MR) is 557 cm³/mol. The zero-order valence-electron chi connectivity index (χ0n) is 90.1. The van der Waals surface area contributed by atoms with Crippen LogP contribution < -0.4 is 26.2 Å². The van der Waals surface area contributed by atoms with E-state index in [0.717, 1.165) is 167 Å². The summed E-state index contributed by atoms with van der Waals surface area (Å²) in [5.74, 6) is 0.